The molecule has 4 rings (SSSR count). The Kier molecular flexibility index (Phi) is 7.43. The summed E-state index contributed by atoms with van der Waals surface area (Å²) in [6, 6.07) is 9.47. The van der Waals surface area contributed by atoms with Crippen molar-refractivity contribution in [3.8, 4) is 11.6 Å². The first-order valence-electron chi connectivity index (χ1n) is 11.2. The highest BCUT2D eigenvalue weighted by atomic mass is 32.2. The molecule has 2 N–H and O–H groups in total. The maximum Gasteiger partial charge on any atom is 0.319 e. The van der Waals surface area contributed by atoms with Crippen LogP contribution in [-0.2, 0) is 16.6 Å². The van der Waals surface area contributed by atoms with E-state index in [1.54, 1.807) is 41.5 Å². The number of piperidine rings is 1. The van der Waals surface area contributed by atoms with Crippen LogP contribution in [0.4, 0.5) is 10.5 Å². The van der Waals surface area contributed by atoms with E-state index in [1.165, 1.54) is 16.4 Å². The highest BCUT2D eigenvalue weighted by Gasteiger charge is 2.27. The van der Waals surface area contributed by atoms with Crippen molar-refractivity contribution in [1.82, 2.24) is 24.4 Å². The van der Waals surface area contributed by atoms with Crippen LogP contribution in [-0.4, -0.2) is 53.2 Å². The fraction of sp³-hybridized carbons (Fsp3) is 0.348. The Hall–Kier alpha value is -3.44. The third-order valence-electron chi connectivity index (χ3n) is 5.48. The largest absolute Gasteiger partial charge is 0.492 e. The van der Waals surface area contributed by atoms with Gasteiger partial charge >= 0.3 is 6.03 Å². The fourth-order valence-electron chi connectivity index (χ4n) is 3.81. The van der Waals surface area contributed by atoms with Gasteiger partial charge in [0.1, 0.15) is 5.75 Å². The zero-order valence-electron chi connectivity index (χ0n) is 19.0. The van der Waals surface area contributed by atoms with Crippen molar-refractivity contribution in [2.24, 2.45) is 0 Å². The number of urea groups is 1. The van der Waals surface area contributed by atoms with Crippen molar-refractivity contribution in [2.75, 3.05) is 25.0 Å². The SMILES string of the molecule is CCOc1ccc(S(=O)(=O)N2CCCCC2)cc1NC(=O)NCc1cccnc1-n1cccn1. The van der Waals surface area contributed by atoms with Gasteiger partial charge in [0.15, 0.2) is 5.82 Å². The van der Waals surface area contributed by atoms with Gasteiger partial charge in [-0.15, -0.1) is 0 Å². The summed E-state index contributed by atoms with van der Waals surface area (Å²) in [5.41, 5.74) is 1.06. The maximum atomic E-state index is 13.1. The summed E-state index contributed by atoms with van der Waals surface area (Å²) in [6.45, 7) is 3.40. The molecule has 1 aliphatic heterocycles. The molecule has 1 fully saturated rings. The van der Waals surface area contributed by atoms with Gasteiger partial charge in [-0.2, -0.15) is 9.40 Å². The van der Waals surface area contributed by atoms with Crippen LogP contribution in [0.5, 0.6) is 5.75 Å². The summed E-state index contributed by atoms with van der Waals surface area (Å²) >= 11 is 0. The van der Waals surface area contributed by atoms with Gasteiger partial charge in [-0.3, -0.25) is 0 Å². The topological polar surface area (TPSA) is 118 Å². The lowest BCUT2D eigenvalue weighted by molar-refractivity contribution is 0.251. The minimum Gasteiger partial charge on any atom is -0.492 e. The molecule has 0 aliphatic carbocycles. The van der Waals surface area contributed by atoms with E-state index in [2.05, 4.69) is 20.7 Å². The molecular formula is C23H28N6O4S. The molecule has 1 saturated heterocycles. The first-order chi connectivity index (χ1) is 16.5. The average molecular weight is 485 g/mol. The smallest absolute Gasteiger partial charge is 0.319 e. The number of carbonyl (C=O) groups excluding carboxylic acids is 1. The minimum absolute atomic E-state index is 0.126. The molecule has 34 heavy (non-hydrogen) atoms. The lowest BCUT2D eigenvalue weighted by atomic mass is 10.2. The number of anilines is 1. The summed E-state index contributed by atoms with van der Waals surface area (Å²) in [4.78, 5) is 17.2. The number of nitrogens with one attached hydrogen (secondary N) is 2. The number of ether oxygens (including phenoxy) is 1. The van der Waals surface area contributed by atoms with Crippen molar-refractivity contribution in [1.29, 1.82) is 0 Å². The van der Waals surface area contributed by atoms with Crippen molar-refractivity contribution < 1.29 is 17.9 Å². The van der Waals surface area contributed by atoms with Crippen molar-refractivity contribution in [3.05, 3.63) is 60.6 Å². The molecule has 3 heterocycles. The summed E-state index contributed by atoms with van der Waals surface area (Å²) in [7, 11) is -3.65. The lowest BCUT2D eigenvalue weighted by Crippen LogP contribution is -2.35. The molecule has 0 bridgehead atoms. The van der Waals surface area contributed by atoms with Gasteiger partial charge in [-0.25, -0.2) is 22.9 Å². The molecular weight excluding hydrogens is 456 g/mol. The van der Waals surface area contributed by atoms with Crippen LogP contribution < -0.4 is 15.4 Å². The lowest BCUT2D eigenvalue weighted by Gasteiger charge is -2.26. The maximum absolute atomic E-state index is 13.1. The molecule has 2 aromatic heterocycles. The number of nitrogens with zero attached hydrogens (tertiary/aromatic N) is 4. The van der Waals surface area contributed by atoms with E-state index in [4.69, 9.17) is 4.74 Å². The number of benzene rings is 1. The Morgan fingerprint density at radius 2 is 1.94 bits per heavy atom. The molecule has 1 aromatic carbocycles. The number of hydrogen-bond acceptors (Lipinski definition) is 6. The number of hydrogen-bond donors (Lipinski definition) is 2. The highest BCUT2D eigenvalue weighted by molar-refractivity contribution is 7.89. The van der Waals surface area contributed by atoms with E-state index in [0.717, 1.165) is 24.8 Å². The van der Waals surface area contributed by atoms with Gasteiger partial charge < -0.3 is 15.4 Å². The Labute approximate surface area is 199 Å². The van der Waals surface area contributed by atoms with E-state index >= 15 is 0 Å². The van der Waals surface area contributed by atoms with Gasteiger partial charge in [-0.1, -0.05) is 12.5 Å². The second-order valence-electron chi connectivity index (χ2n) is 7.80. The predicted octanol–water partition coefficient (Wildman–Crippen LogP) is 3.16. The third-order valence-corrected chi connectivity index (χ3v) is 7.37. The van der Waals surface area contributed by atoms with Crippen LogP contribution in [0, 0.1) is 0 Å². The van der Waals surface area contributed by atoms with Gasteiger partial charge in [0.05, 0.1) is 17.2 Å². The molecule has 11 heteroatoms. The fourth-order valence-corrected chi connectivity index (χ4v) is 5.36. The van der Waals surface area contributed by atoms with Crippen molar-refractivity contribution in [2.45, 2.75) is 37.6 Å². The summed E-state index contributed by atoms with van der Waals surface area (Å²) in [6.07, 6.45) is 7.80. The number of amides is 2. The zero-order valence-corrected chi connectivity index (χ0v) is 19.8. The van der Waals surface area contributed by atoms with Crippen molar-refractivity contribution in [3.63, 3.8) is 0 Å². The Morgan fingerprint density at radius 3 is 2.68 bits per heavy atom. The predicted molar refractivity (Wildman–Crippen MR) is 127 cm³/mol. The zero-order chi connectivity index (χ0) is 24.0. The van der Waals surface area contributed by atoms with Crippen LogP contribution in [0.15, 0.2) is 59.9 Å². The number of sulfonamides is 1. The van der Waals surface area contributed by atoms with E-state index in [-0.39, 0.29) is 17.1 Å². The Morgan fingerprint density at radius 1 is 1.12 bits per heavy atom. The average Bonchev–Trinajstić information content (AvgIpc) is 3.39. The van der Waals surface area contributed by atoms with Gasteiger partial charge in [0.2, 0.25) is 10.0 Å². The monoisotopic (exact) mass is 484 g/mol. The molecule has 0 saturated carbocycles. The minimum atomic E-state index is -3.65. The molecule has 0 spiro atoms. The number of rotatable bonds is 8. The molecule has 1 aliphatic rings. The standard InChI is InChI=1S/C23H28N6O4S/c1-2-33-21-10-9-19(34(31,32)28-13-4-3-5-14-28)16-20(21)27-23(30)25-17-18-8-6-11-24-22(18)29-15-7-12-26-29/h6-12,15-16H,2-5,13-14,17H2,1H3,(H2,25,27,30). The number of aromatic nitrogens is 3. The van der Waals surface area contributed by atoms with Crippen LogP contribution in [0.3, 0.4) is 0 Å². The molecule has 180 valence electrons. The molecule has 10 nitrogen and oxygen atoms in total. The molecule has 0 unspecified atom stereocenters. The normalized spacial score (nSPS) is 14.5. The van der Waals surface area contributed by atoms with E-state index < -0.39 is 16.1 Å². The Bertz CT molecular complexity index is 1220. The second kappa shape index (κ2) is 10.7. The van der Waals surface area contributed by atoms with E-state index in [0.29, 0.717) is 31.3 Å². The van der Waals surface area contributed by atoms with Crippen LogP contribution in [0.25, 0.3) is 5.82 Å². The van der Waals surface area contributed by atoms with Gasteiger partial charge in [0.25, 0.3) is 0 Å². The van der Waals surface area contributed by atoms with Gasteiger partial charge in [0, 0.05) is 43.8 Å². The van der Waals surface area contributed by atoms with E-state index in [9.17, 15) is 13.2 Å². The van der Waals surface area contributed by atoms with Crippen LogP contribution in [0.1, 0.15) is 31.7 Å². The molecule has 2 amide bonds. The highest BCUT2D eigenvalue weighted by Crippen LogP contribution is 2.30. The molecule has 0 radical (unpaired) electrons. The molecule has 3 aromatic rings. The van der Waals surface area contributed by atoms with Gasteiger partial charge in [-0.05, 0) is 50.1 Å². The van der Waals surface area contributed by atoms with Crippen LogP contribution >= 0.6 is 0 Å². The molecule has 0 atom stereocenters. The van der Waals surface area contributed by atoms with E-state index in [1.807, 2.05) is 13.0 Å². The summed E-state index contributed by atoms with van der Waals surface area (Å²) in [5.74, 6) is 1.01. The first-order valence-corrected chi connectivity index (χ1v) is 12.7. The van der Waals surface area contributed by atoms with Crippen LogP contribution in [0.2, 0.25) is 0 Å². The first kappa shape index (κ1) is 23.7. The quantitative estimate of drug-likeness (QED) is 0.507. The third kappa shape index (κ3) is 5.37. The summed E-state index contributed by atoms with van der Waals surface area (Å²) in [5, 5.41) is 9.72. The number of carbonyl (C=O) groups is 1. The second-order valence-corrected chi connectivity index (χ2v) is 9.74. The Balaban J connectivity index is 1.50. The summed E-state index contributed by atoms with van der Waals surface area (Å²) < 4.78 is 34.9. The number of pyridine rings is 1. The van der Waals surface area contributed by atoms with Crippen molar-refractivity contribution >= 4 is 21.7 Å².